The molecule has 27 heavy (non-hydrogen) atoms. The predicted octanol–water partition coefficient (Wildman–Crippen LogP) is 1.97. The molecule has 150 valence electrons. The minimum atomic E-state index is -0.443. The summed E-state index contributed by atoms with van der Waals surface area (Å²) in [6.45, 7) is 6.90. The van der Waals surface area contributed by atoms with Gasteiger partial charge in [-0.25, -0.2) is 8.78 Å². The topological polar surface area (TPSA) is 60.0 Å². The first-order chi connectivity index (χ1) is 12.9. The normalized spacial score (nSPS) is 16.3. The standard InChI is InChI=1S/C19H29F2N5O/c1-4-14(2)24-18(27)7-8-23-19(22-3)26-11-9-25(10-12-26)17-13-15(20)5-6-16(17)21/h5-6,13-14H,4,7-12H2,1-3H3,(H,22,23)(H,24,27). The number of hydrogen-bond donors (Lipinski definition) is 2. The maximum absolute atomic E-state index is 13.9. The van der Waals surface area contributed by atoms with Crippen molar-refractivity contribution in [3.63, 3.8) is 0 Å². The van der Waals surface area contributed by atoms with Crippen molar-refractivity contribution in [3.8, 4) is 0 Å². The molecule has 8 heteroatoms. The summed E-state index contributed by atoms with van der Waals surface area (Å²) < 4.78 is 27.3. The van der Waals surface area contributed by atoms with Gasteiger partial charge in [0.1, 0.15) is 11.6 Å². The van der Waals surface area contributed by atoms with Crippen LogP contribution in [0, 0.1) is 11.6 Å². The molecule has 1 aliphatic rings. The summed E-state index contributed by atoms with van der Waals surface area (Å²) in [7, 11) is 1.69. The third-order valence-corrected chi connectivity index (χ3v) is 4.69. The maximum atomic E-state index is 13.9. The molecule has 0 aliphatic carbocycles. The molecule has 1 atom stereocenters. The van der Waals surface area contributed by atoms with Crippen molar-refractivity contribution in [2.24, 2.45) is 4.99 Å². The van der Waals surface area contributed by atoms with E-state index in [1.54, 1.807) is 7.05 Å². The van der Waals surface area contributed by atoms with E-state index in [1.165, 1.54) is 6.07 Å². The van der Waals surface area contributed by atoms with Crippen LogP contribution in [-0.4, -0.2) is 62.6 Å². The fourth-order valence-corrected chi connectivity index (χ4v) is 2.96. The first-order valence-electron chi connectivity index (χ1n) is 9.39. The minimum absolute atomic E-state index is 0.0127. The Morgan fingerprint density at radius 3 is 2.59 bits per heavy atom. The predicted molar refractivity (Wildman–Crippen MR) is 104 cm³/mol. The lowest BCUT2D eigenvalue weighted by Gasteiger charge is -2.37. The molecular formula is C19H29F2N5O. The van der Waals surface area contributed by atoms with Gasteiger partial charge >= 0.3 is 0 Å². The van der Waals surface area contributed by atoms with Gasteiger partial charge in [0.15, 0.2) is 5.96 Å². The summed E-state index contributed by atoms with van der Waals surface area (Å²) in [6, 6.07) is 3.68. The number of guanidine groups is 1. The van der Waals surface area contributed by atoms with Crippen LogP contribution < -0.4 is 15.5 Å². The van der Waals surface area contributed by atoms with E-state index in [1.807, 2.05) is 18.7 Å². The molecule has 0 radical (unpaired) electrons. The molecule has 1 amide bonds. The second-order valence-electron chi connectivity index (χ2n) is 6.67. The Morgan fingerprint density at radius 1 is 1.26 bits per heavy atom. The molecule has 1 aliphatic heterocycles. The van der Waals surface area contributed by atoms with Gasteiger partial charge in [-0.05, 0) is 25.5 Å². The fraction of sp³-hybridized carbons (Fsp3) is 0.579. The highest BCUT2D eigenvalue weighted by Gasteiger charge is 2.22. The molecule has 0 aromatic heterocycles. The highest BCUT2D eigenvalue weighted by atomic mass is 19.1. The number of piperazine rings is 1. The van der Waals surface area contributed by atoms with Crippen LogP contribution >= 0.6 is 0 Å². The maximum Gasteiger partial charge on any atom is 0.221 e. The average Bonchev–Trinajstić information content (AvgIpc) is 2.67. The van der Waals surface area contributed by atoms with Crippen LogP contribution in [0.15, 0.2) is 23.2 Å². The highest BCUT2D eigenvalue weighted by Crippen LogP contribution is 2.21. The lowest BCUT2D eigenvalue weighted by molar-refractivity contribution is -0.121. The number of amides is 1. The van der Waals surface area contributed by atoms with Crippen LogP contribution in [0.2, 0.25) is 0 Å². The lowest BCUT2D eigenvalue weighted by atomic mass is 10.2. The molecule has 6 nitrogen and oxygen atoms in total. The molecule has 1 unspecified atom stereocenters. The number of nitrogens with zero attached hydrogens (tertiary/aromatic N) is 3. The van der Waals surface area contributed by atoms with Gasteiger partial charge in [-0.3, -0.25) is 9.79 Å². The van der Waals surface area contributed by atoms with Gasteiger partial charge in [0, 0.05) is 58.3 Å². The minimum Gasteiger partial charge on any atom is -0.366 e. The van der Waals surface area contributed by atoms with Crippen LogP contribution in [0.1, 0.15) is 26.7 Å². The van der Waals surface area contributed by atoms with Crippen molar-refractivity contribution >= 4 is 17.6 Å². The zero-order valence-electron chi connectivity index (χ0n) is 16.3. The summed E-state index contributed by atoms with van der Waals surface area (Å²) in [5, 5.41) is 6.13. The number of carbonyl (C=O) groups is 1. The molecule has 1 heterocycles. The second kappa shape index (κ2) is 10.1. The summed E-state index contributed by atoms with van der Waals surface area (Å²) in [5.41, 5.74) is 0.291. The van der Waals surface area contributed by atoms with E-state index in [0.29, 0.717) is 50.8 Å². The number of carbonyl (C=O) groups excluding carboxylic acids is 1. The van der Waals surface area contributed by atoms with Crippen molar-refractivity contribution in [3.05, 3.63) is 29.8 Å². The summed E-state index contributed by atoms with van der Waals surface area (Å²) >= 11 is 0. The first kappa shape index (κ1) is 20.9. The van der Waals surface area contributed by atoms with Crippen LogP contribution in [-0.2, 0) is 4.79 Å². The SMILES string of the molecule is CCC(C)NC(=O)CCNC(=NC)N1CCN(c2cc(F)ccc2F)CC1. The number of hydrogen-bond acceptors (Lipinski definition) is 3. The van der Waals surface area contributed by atoms with Crippen molar-refractivity contribution in [2.75, 3.05) is 44.7 Å². The van der Waals surface area contributed by atoms with Crippen LogP contribution in [0.25, 0.3) is 0 Å². The molecule has 2 rings (SSSR count). The Bertz CT molecular complexity index is 660. The van der Waals surface area contributed by atoms with Crippen molar-refractivity contribution < 1.29 is 13.6 Å². The third-order valence-electron chi connectivity index (χ3n) is 4.69. The zero-order chi connectivity index (χ0) is 19.8. The van der Waals surface area contributed by atoms with Gasteiger partial charge in [0.25, 0.3) is 0 Å². The number of benzene rings is 1. The fourth-order valence-electron chi connectivity index (χ4n) is 2.96. The number of halogens is 2. The zero-order valence-corrected chi connectivity index (χ0v) is 16.3. The molecule has 1 aromatic rings. The van der Waals surface area contributed by atoms with Gasteiger partial charge in [-0.1, -0.05) is 6.92 Å². The van der Waals surface area contributed by atoms with Gasteiger partial charge in [0.2, 0.25) is 5.91 Å². The molecule has 2 N–H and O–H groups in total. The van der Waals surface area contributed by atoms with Crippen LogP contribution in [0.4, 0.5) is 14.5 Å². The monoisotopic (exact) mass is 381 g/mol. The Morgan fingerprint density at radius 2 is 1.96 bits per heavy atom. The van der Waals surface area contributed by atoms with Gasteiger partial charge in [-0.2, -0.15) is 0 Å². The van der Waals surface area contributed by atoms with E-state index in [-0.39, 0.29) is 11.9 Å². The van der Waals surface area contributed by atoms with Crippen molar-refractivity contribution in [2.45, 2.75) is 32.7 Å². The highest BCUT2D eigenvalue weighted by molar-refractivity contribution is 5.81. The Hall–Kier alpha value is -2.38. The first-order valence-corrected chi connectivity index (χ1v) is 9.39. The van der Waals surface area contributed by atoms with Gasteiger partial charge in [0.05, 0.1) is 5.69 Å². The van der Waals surface area contributed by atoms with Crippen molar-refractivity contribution in [1.82, 2.24) is 15.5 Å². The van der Waals surface area contributed by atoms with E-state index in [0.717, 1.165) is 18.6 Å². The van der Waals surface area contributed by atoms with E-state index in [4.69, 9.17) is 0 Å². The Labute approximate surface area is 159 Å². The average molecular weight is 381 g/mol. The largest absolute Gasteiger partial charge is 0.366 e. The number of aliphatic imine (C=N–C) groups is 1. The molecule has 1 saturated heterocycles. The van der Waals surface area contributed by atoms with E-state index < -0.39 is 11.6 Å². The van der Waals surface area contributed by atoms with E-state index >= 15 is 0 Å². The van der Waals surface area contributed by atoms with Crippen LogP contribution in [0.3, 0.4) is 0 Å². The van der Waals surface area contributed by atoms with Crippen LogP contribution in [0.5, 0.6) is 0 Å². The van der Waals surface area contributed by atoms with Gasteiger partial charge < -0.3 is 20.4 Å². The van der Waals surface area contributed by atoms with E-state index in [2.05, 4.69) is 20.5 Å². The number of nitrogens with one attached hydrogen (secondary N) is 2. The molecule has 0 spiro atoms. The Balaban J connectivity index is 1.81. The number of anilines is 1. The smallest absolute Gasteiger partial charge is 0.221 e. The van der Waals surface area contributed by atoms with E-state index in [9.17, 15) is 13.6 Å². The Kier molecular flexibility index (Phi) is 7.82. The lowest BCUT2D eigenvalue weighted by Crippen LogP contribution is -2.53. The molecule has 1 fully saturated rings. The second-order valence-corrected chi connectivity index (χ2v) is 6.67. The summed E-state index contributed by atoms with van der Waals surface area (Å²) in [5.74, 6) is -0.133. The van der Waals surface area contributed by atoms with Crippen molar-refractivity contribution in [1.29, 1.82) is 0 Å². The quantitative estimate of drug-likeness (QED) is 0.584. The van der Waals surface area contributed by atoms with Gasteiger partial charge in [-0.15, -0.1) is 0 Å². The molecule has 0 saturated carbocycles. The molecule has 1 aromatic carbocycles. The third kappa shape index (κ3) is 6.08. The number of rotatable bonds is 6. The molecule has 0 bridgehead atoms. The summed E-state index contributed by atoms with van der Waals surface area (Å²) in [6.07, 6.45) is 1.27. The molecular weight excluding hydrogens is 352 g/mol. The summed E-state index contributed by atoms with van der Waals surface area (Å²) in [4.78, 5) is 20.0.